The van der Waals surface area contributed by atoms with E-state index in [4.69, 9.17) is 27.9 Å². The summed E-state index contributed by atoms with van der Waals surface area (Å²) < 4.78 is 7.02. The van der Waals surface area contributed by atoms with Crippen molar-refractivity contribution in [1.82, 2.24) is 4.57 Å². The quantitative estimate of drug-likeness (QED) is 0.781. The van der Waals surface area contributed by atoms with E-state index in [0.29, 0.717) is 15.9 Å². The first-order valence-electron chi connectivity index (χ1n) is 4.40. The highest BCUT2D eigenvalue weighted by atomic mass is 35.5. The molecule has 0 unspecified atom stereocenters. The predicted octanol–water partition coefficient (Wildman–Crippen LogP) is 3.79. The summed E-state index contributed by atoms with van der Waals surface area (Å²) in [7, 11) is 1.60. The number of rotatable bonds is 2. The third-order valence-corrected chi connectivity index (χ3v) is 2.72. The number of nitrogens with zero attached hydrogens (tertiary/aromatic N) is 1. The van der Waals surface area contributed by atoms with Gasteiger partial charge in [0.1, 0.15) is 16.6 Å². The van der Waals surface area contributed by atoms with Crippen molar-refractivity contribution < 1.29 is 4.74 Å². The van der Waals surface area contributed by atoms with Gasteiger partial charge in [0.05, 0.1) is 12.1 Å². The fourth-order valence-corrected chi connectivity index (χ4v) is 1.91. The lowest BCUT2D eigenvalue weighted by Crippen LogP contribution is -1.97. The van der Waals surface area contributed by atoms with Crippen molar-refractivity contribution in [2.24, 2.45) is 0 Å². The molecule has 0 aliphatic heterocycles. The molecule has 0 atom stereocenters. The van der Waals surface area contributed by atoms with Crippen LogP contribution in [0, 0.1) is 0 Å². The Balaban J connectivity index is 2.66. The van der Waals surface area contributed by atoms with Gasteiger partial charge in [-0.05, 0) is 24.3 Å². The molecule has 4 heteroatoms. The number of hydrogen-bond acceptors (Lipinski definition) is 1. The first kappa shape index (κ1) is 10.4. The lowest BCUT2D eigenvalue weighted by Gasteiger charge is -2.12. The molecular weight excluding hydrogens is 233 g/mol. The van der Waals surface area contributed by atoms with Crippen molar-refractivity contribution in [2.45, 2.75) is 0 Å². The average molecular weight is 242 g/mol. The maximum atomic E-state index is 6.11. The second kappa shape index (κ2) is 4.17. The van der Waals surface area contributed by atoms with Crippen LogP contribution in [0.2, 0.25) is 10.2 Å². The highest BCUT2D eigenvalue weighted by Crippen LogP contribution is 2.32. The minimum atomic E-state index is 0.599. The van der Waals surface area contributed by atoms with E-state index in [9.17, 15) is 0 Å². The van der Waals surface area contributed by atoms with Crippen LogP contribution in [0.4, 0.5) is 0 Å². The number of hydrogen-bond donors (Lipinski definition) is 0. The van der Waals surface area contributed by atoms with Crippen LogP contribution in [0.25, 0.3) is 5.69 Å². The number of para-hydroxylation sites is 1. The Morgan fingerprint density at radius 2 is 1.93 bits per heavy atom. The number of benzene rings is 1. The normalized spacial score (nSPS) is 10.3. The maximum absolute atomic E-state index is 6.11. The molecule has 2 nitrogen and oxygen atoms in total. The molecule has 0 radical (unpaired) electrons. The predicted molar refractivity (Wildman–Crippen MR) is 62.3 cm³/mol. The minimum Gasteiger partial charge on any atom is -0.495 e. The van der Waals surface area contributed by atoms with Crippen LogP contribution in [0.5, 0.6) is 5.75 Å². The third kappa shape index (κ3) is 1.83. The molecule has 0 aliphatic carbocycles. The van der Waals surface area contributed by atoms with Gasteiger partial charge in [-0.15, -0.1) is 0 Å². The lowest BCUT2D eigenvalue weighted by atomic mass is 10.3. The first-order valence-corrected chi connectivity index (χ1v) is 5.15. The second-order valence-electron chi connectivity index (χ2n) is 2.99. The van der Waals surface area contributed by atoms with Crippen LogP contribution in [0.15, 0.2) is 36.5 Å². The Labute approximate surface area is 98.0 Å². The van der Waals surface area contributed by atoms with Gasteiger partial charge >= 0.3 is 0 Å². The second-order valence-corrected chi connectivity index (χ2v) is 3.79. The summed E-state index contributed by atoms with van der Waals surface area (Å²) in [4.78, 5) is 0. The highest BCUT2D eigenvalue weighted by molar-refractivity contribution is 6.33. The maximum Gasteiger partial charge on any atom is 0.144 e. The van der Waals surface area contributed by atoms with Crippen LogP contribution in [0.1, 0.15) is 0 Å². The van der Waals surface area contributed by atoms with Crippen molar-refractivity contribution in [2.75, 3.05) is 7.11 Å². The van der Waals surface area contributed by atoms with Gasteiger partial charge in [-0.3, -0.25) is 0 Å². The Kier molecular flexibility index (Phi) is 2.89. The van der Waals surface area contributed by atoms with E-state index in [1.165, 1.54) is 0 Å². The van der Waals surface area contributed by atoms with Gasteiger partial charge < -0.3 is 9.30 Å². The zero-order valence-electron chi connectivity index (χ0n) is 8.08. The molecule has 0 fully saturated rings. The Morgan fingerprint density at radius 3 is 2.53 bits per heavy atom. The molecule has 1 aromatic heterocycles. The third-order valence-electron chi connectivity index (χ3n) is 2.11. The first-order chi connectivity index (χ1) is 7.24. The summed E-state index contributed by atoms with van der Waals surface area (Å²) in [6, 6.07) is 9.13. The molecule has 0 bridgehead atoms. The van der Waals surface area contributed by atoms with E-state index < -0.39 is 0 Å². The highest BCUT2D eigenvalue weighted by Gasteiger charge is 2.11. The van der Waals surface area contributed by atoms with Crippen molar-refractivity contribution in [3.63, 3.8) is 0 Å². The van der Waals surface area contributed by atoms with E-state index >= 15 is 0 Å². The van der Waals surface area contributed by atoms with E-state index in [-0.39, 0.29) is 0 Å². The Hall–Kier alpha value is -1.12. The lowest BCUT2D eigenvalue weighted by molar-refractivity contribution is 0.413. The standard InChI is InChI=1S/C11H9Cl2NO/c1-15-9-5-2-4-8(12)11(9)14-7-3-6-10(14)13/h2-7H,1H3. The van der Waals surface area contributed by atoms with Crippen molar-refractivity contribution in [3.05, 3.63) is 46.7 Å². The van der Waals surface area contributed by atoms with Crippen LogP contribution < -0.4 is 4.74 Å². The molecule has 15 heavy (non-hydrogen) atoms. The van der Waals surface area contributed by atoms with Crippen LogP contribution in [-0.4, -0.2) is 11.7 Å². The average Bonchev–Trinajstić information content (AvgIpc) is 2.64. The van der Waals surface area contributed by atoms with Gasteiger partial charge in [-0.1, -0.05) is 29.3 Å². The van der Waals surface area contributed by atoms with Crippen molar-refractivity contribution in [1.29, 1.82) is 0 Å². The fraction of sp³-hybridized carbons (Fsp3) is 0.0909. The number of ether oxygens (including phenoxy) is 1. The summed E-state index contributed by atoms with van der Waals surface area (Å²) in [6.45, 7) is 0. The molecule has 78 valence electrons. The topological polar surface area (TPSA) is 14.2 Å². The zero-order valence-corrected chi connectivity index (χ0v) is 9.59. The molecule has 0 aliphatic rings. The number of halogens is 2. The monoisotopic (exact) mass is 241 g/mol. The van der Waals surface area contributed by atoms with E-state index in [2.05, 4.69) is 0 Å². The molecule has 0 N–H and O–H groups in total. The van der Waals surface area contributed by atoms with Crippen molar-refractivity contribution >= 4 is 23.2 Å². The van der Waals surface area contributed by atoms with Gasteiger partial charge in [0.25, 0.3) is 0 Å². The largest absolute Gasteiger partial charge is 0.495 e. The van der Waals surface area contributed by atoms with Gasteiger partial charge in [-0.25, -0.2) is 0 Å². The van der Waals surface area contributed by atoms with Gasteiger partial charge in [-0.2, -0.15) is 0 Å². The molecular formula is C11H9Cl2NO. The molecule has 0 spiro atoms. The van der Waals surface area contributed by atoms with Gasteiger partial charge in [0.15, 0.2) is 0 Å². The molecule has 0 saturated carbocycles. The van der Waals surface area contributed by atoms with E-state index in [1.807, 2.05) is 24.4 Å². The smallest absolute Gasteiger partial charge is 0.144 e. The summed E-state index contributed by atoms with van der Waals surface area (Å²) >= 11 is 12.1. The van der Waals surface area contributed by atoms with Gasteiger partial charge in [0, 0.05) is 6.20 Å². The minimum absolute atomic E-state index is 0.599. The molecule has 0 amide bonds. The zero-order chi connectivity index (χ0) is 10.8. The molecule has 2 rings (SSSR count). The van der Waals surface area contributed by atoms with Crippen LogP contribution in [0.3, 0.4) is 0 Å². The molecule has 1 heterocycles. The summed E-state index contributed by atoms with van der Waals surface area (Å²) in [5, 5.41) is 1.20. The van der Waals surface area contributed by atoms with Gasteiger partial charge in [0.2, 0.25) is 0 Å². The van der Waals surface area contributed by atoms with Crippen molar-refractivity contribution in [3.8, 4) is 11.4 Å². The SMILES string of the molecule is COc1cccc(Cl)c1-n1cccc1Cl. The Morgan fingerprint density at radius 1 is 1.13 bits per heavy atom. The summed E-state index contributed by atoms with van der Waals surface area (Å²) in [5.74, 6) is 0.695. The molecule has 2 aromatic rings. The number of aromatic nitrogens is 1. The summed E-state index contributed by atoms with van der Waals surface area (Å²) in [6.07, 6.45) is 1.84. The van der Waals surface area contributed by atoms with Crippen LogP contribution in [-0.2, 0) is 0 Å². The fourth-order valence-electron chi connectivity index (χ4n) is 1.44. The van der Waals surface area contributed by atoms with Crippen LogP contribution >= 0.6 is 23.2 Å². The van der Waals surface area contributed by atoms with E-state index in [1.54, 1.807) is 23.8 Å². The molecule has 1 aromatic carbocycles. The summed E-state index contributed by atoms with van der Waals surface area (Å²) in [5.41, 5.74) is 0.761. The Bertz CT molecular complexity index is 479. The number of methoxy groups -OCH3 is 1. The molecule has 0 saturated heterocycles. The van der Waals surface area contributed by atoms with E-state index in [0.717, 1.165) is 5.69 Å².